The highest BCUT2D eigenvalue weighted by Gasteiger charge is 2.08. The molecule has 5 rings (SSSR count). The van der Waals surface area contributed by atoms with Gasteiger partial charge < -0.3 is 0 Å². The molecule has 0 unspecified atom stereocenters. The van der Waals surface area contributed by atoms with Crippen LogP contribution in [0.1, 0.15) is 11.1 Å². The van der Waals surface area contributed by atoms with Crippen LogP contribution in [0.4, 0.5) is 0 Å². The maximum absolute atomic E-state index is 2.37. The molecule has 0 spiro atoms. The van der Waals surface area contributed by atoms with Crippen molar-refractivity contribution in [2.45, 2.75) is 6.42 Å². The van der Waals surface area contributed by atoms with Crippen molar-refractivity contribution < 1.29 is 0 Å². The average molecular weight is 318 g/mol. The summed E-state index contributed by atoms with van der Waals surface area (Å²) in [6.45, 7) is 0. The normalized spacial score (nSPS) is 11.4. The van der Waals surface area contributed by atoms with Gasteiger partial charge in [-0.2, -0.15) is 0 Å². The summed E-state index contributed by atoms with van der Waals surface area (Å²) in [6.07, 6.45) is 0.970. The van der Waals surface area contributed by atoms with E-state index in [1.165, 1.54) is 43.4 Å². The Morgan fingerprint density at radius 2 is 0.840 bits per heavy atom. The molecule has 5 aromatic rings. The van der Waals surface area contributed by atoms with Crippen LogP contribution in [0, 0.1) is 0 Å². The van der Waals surface area contributed by atoms with E-state index in [2.05, 4.69) is 97.1 Å². The highest BCUT2D eigenvalue weighted by molar-refractivity contribution is 6.25. The largest absolute Gasteiger partial charge is 0.0622 e. The van der Waals surface area contributed by atoms with E-state index in [1.807, 2.05) is 0 Å². The molecule has 0 fully saturated rings. The average Bonchev–Trinajstić information content (AvgIpc) is 2.69. The van der Waals surface area contributed by atoms with Crippen molar-refractivity contribution >= 4 is 32.3 Å². The predicted molar refractivity (Wildman–Crippen MR) is 108 cm³/mol. The molecule has 0 atom stereocenters. The summed E-state index contributed by atoms with van der Waals surface area (Å²) >= 11 is 0. The number of rotatable bonds is 2. The maximum Gasteiger partial charge on any atom is -0.00255 e. The first kappa shape index (κ1) is 14.2. The van der Waals surface area contributed by atoms with Gasteiger partial charge in [0.2, 0.25) is 0 Å². The third-order valence-electron chi connectivity index (χ3n) is 5.06. The molecule has 0 heteroatoms. The molecule has 0 N–H and O–H groups in total. The summed E-state index contributed by atoms with van der Waals surface area (Å²) in [5.74, 6) is 0. The molecular formula is C25H18. The van der Waals surface area contributed by atoms with Crippen LogP contribution >= 0.6 is 0 Å². The van der Waals surface area contributed by atoms with Gasteiger partial charge in [-0.1, -0.05) is 97.1 Å². The van der Waals surface area contributed by atoms with Crippen LogP contribution in [0.5, 0.6) is 0 Å². The monoisotopic (exact) mass is 318 g/mol. The number of hydrogen-bond acceptors (Lipinski definition) is 0. The fourth-order valence-electron chi connectivity index (χ4n) is 3.90. The van der Waals surface area contributed by atoms with Crippen LogP contribution in [-0.2, 0) is 6.42 Å². The second kappa shape index (κ2) is 5.75. The zero-order chi connectivity index (χ0) is 16.6. The van der Waals surface area contributed by atoms with Gasteiger partial charge in [0, 0.05) is 0 Å². The molecule has 0 radical (unpaired) electrons. The van der Waals surface area contributed by atoms with Crippen molar-refractivity contribution in [1.29, 1.82) is 0 Å². The van der Waals surface area contributed by atoms with Gasteiger partial charge in [0.05, 0.1) is 0 Å². The minimum atomic E-state index is 0.970. The topological polar surface area (TPSA) is 0 Å². The van der Waals surface area contributed by atoms with Gasteiger partial charge in [-0.25, -0.2) is 0 Å². The predicted octanol–water partition coefficient (Wildman–Crippen LogP) is 6.74. The molecule has 25 heavy (non-hydrogen) atoms. The minimum Gasteiger partial charge on any atom is -0.0622 e. The first-order valence-corrected chi connectivity index (χ1v) is 8.76. The molecule has 0 bridgehead atoms. The van der Waals surface area contributed by atoms with Crippen molar-refractivity contribution in [3.63, 3.8) is 0 Å². The summed E-state index contributed by atoms with van der Waals surface area (Å²) in [5, 5.41) is 8.03. The molecule has 0 amide bonds. The Balaban J connectivity index is 1.81. The first-order chi connectivity index (χ1) is 12.4. The van der Waals surface area contributed by atoms with E-state index in [4.69, 9.17) is 0 Å². The summed E-state index contributed by atoms with van der Waals surface area (Å²) in [4.78, 5) is 0. The first-order valence-electron chi connectivity index (χ1n) is 8.76. The Hall–Kier alpha value is -3.12. The lowest BCUT2D eigenvalue weighted by molar-refractivity contribution is 1.20. The zero-order valence-corrected chi connectivity index (χ0v) is 13.9. The molecule has 0 aliphatic rings. The standard InChI is InChI=1S/C25H18/c1-2-8-18(9-3-1)16-19-14-15-24-22-12-5-4-10-20(22)21-11-6-7-13-23(21)25(24)17-19/h1-15,17H,16H2. The van der Waals surface area contributed by atoms with Crippen LogP contribution in [0.2, 0.25) is 0 Å². The Labute approximate surface area is 147 Å². The second-order valence-corrected chi connectivity index (χ2v) is 6.63. The summed E-state index contributed by atoms with van der Waals surface area (Å²) < 4.78 is 0. The lowest BCUT2D eigenvalue weighted by atomic mass is 9.92. The number of hydrogen-bond donors (Lipinski definition) is 0. The molecule has 0 aliphatic carbocycles. The van der Waals surface area contributed by atoms with Crippen LogP contribution in [0.15, 0.2) is 97.1 Å². The number of benzene rings is 5. The Bertz CT molecular complexity index is 1170. The fourth-order valence-corrected chi connectivity index (χ4v) is 3.90. The molecule has 0 aliphatic heterocycles. The van der Waals surface area contributed by atoms with Crippen molar-refractivity contribution in [3.8, 4) is 0 Å². The van der Waals surface area contributed by atoms with Crippen LogP contribution < -0.4 is 0 Å². The lowest BCUT2D eigenvalue weighted by Crippen LogP contribution is -1.89. The highest BCUT2D eigenvalue weighted by atomic mass is 14.1. The smallest absolute Gasteiger partial charge is 0.00255 e. The van der Waals surface area contributed by atoms with Crippen molar-refractivity contribution in [2.75, 3.05) is 0 Å². The van der Waals surface area contributed by atoms with Gasteiger partial charge in [-0.15, -0.1) is 0 Å². The third kappa shape index (κ3) is 2.38. The Morgan fingerprint density at radius 3 is 1.44 bits per heavy atom. The van der Waals surface area contributed by atoms with Crippen LogP contribution in [0.3, 0.4) is 0 Å². The third-order valence-corrected chi connectivity index (χ3v) is 5.06. The minimum absolute atomic E-state index is 0.970. The number of fused-ring (bicyclic) bond motifs is 6. The molecule has 0 saturated heterocycles. The molecular weight excluding hydrogens is 300 g/mol. The quantitative estimate of drug-likeness (QED) is 0.316. The van der Waals surface area contributed by atoms with Crippen molar-refractivity contribution in [2.24, 2.45) is 0 Å². The van der Waals surface area contributed by atoms with Gasteiger partial charge >= 0.3 is 0 Å². The van der Waals surface area contributed by atoms with Gasteiger partial charge in [-0.3, -0.25) is 0 Å². The van der Waals surface area contributed by atoms with E-state index in [-0.39, 0.29) is 0 Å². The van der Waals surface area contributed by atoms with Gasteiger partial charge in [0.15, 0.2) is 0 Å². The maximum atomic E-state index is 2.37. The van der Waals surface area contributed by atoms with E-state index in [1.54, 1.807) is 0 Å². The molecule has 0 nitrogen and oxygen atoms in total. The molecule has 0 saturated carbocycles. The van der Waals surface area contributed by atoms with Gasteiger partial charge in [0.1, 0.15) is 0 Å². The molecule has 0 heterocycles. The zero-order valence-electron chi connectivity index (χ0n) is 13.9. The van der Waals surface area contributed by atoms with Gasteiger partial charge in [-0.05, 0) is 49.9 Å². The summed E-state index contributed by atoms with van der Waals surface area (Å²) in [6, 6.07) is 35.1. The molecule has 0 aromatic heterocycles. The van der Waals surface area contributed by atoms with Crippen molar-refractivity contribution in [1.82, 2.24) is 0 Å². The summed E-state index contributed by atoms with van der Waals surface area (Å²) in [7, 11) is 0. The Morgan fingerprint density at radius 1 is 0.360 bits per heavy atom. The molecule has 118 valence electrons. The van der Waals surface area contributed by atoms with Crippen LogP contribution in [0.25, 0.3) is 32.3 Å². The SMILES string of the molecule is c1ccc(Cc2ccc3c4ccccc4c4ccccc4c3c2)cc1. The second-order valence-electron chi connectivity index (χ2n) is 6.63. The fraction of sp³-hybridized carbons (Fsp3) is 0.0400. The van der Waals surface area contributed by atoms with E-state index in [0.717, 1.165) is 6.42 Å². The van der Waals surface area contributed by atoms with Crippen molar-refractivity contribution in [3.05, 3.63) is 108 Å². The molecule has 5 aromatic carbocycles. The van der Waals surface area contributed by atoms with E-state index < -0.39 is 0 Å². The highest BCUT2D eigenvalue weighted by Crippen LogP contribution is 2.35. The summed E-state index contributed by atoms with van der Waals surface area (Å²) in [5.41, 5.74) is 2.71. The van der Waals surface area contributed by atoms with Gasteiger partial charge in [0.25, 0.3) is 0 Å². The van der Waals surface area contributed by atoms with Crippen LogP contribution in [-0.4, -0.2) is 0 Å². The lowest BCUT2D eigenvalue weighted by Gasteiger charge is -2.12. The van der Waals surface area contributed by atoms with E-state index in [0.29, 0.717) is 0 Å². The van der Waals surface area contributed by atoms with E-state index in [9.17, 15) is 0 Å². The Kier molecular flexibility index (Phi) is 3.28. The van der Waals surface area contributed by atoms with E-state index >= 15 is 0 Å².